The topological polar surface area (TPSA) is 83.5 Å². The zero-order valence-corrected chi connectivity index (χ0v) is 13.7. The Bertz CT molecular complexity index is 815. The Morgan fingerprint density at radius 3 is 2.48 bits per heavy atom. The highest BCUT2D eigenvalue weighted by Gasteiger charge is 2.22. The maximum absolute atomic E-state index is 12.3. The van der Waals surface area contributed by atoms with Gasteiger partial charge in [0.15, 0.2) is 0 Å². The third-order valence-electron chi connectivity index (χ3n) is 2.64. The van der Waals surface area contributed by atoms with Crippen molar-refractivity contribution >= 4 is 56.2 Å². The molecule has 21 heavy (non-hydrogen) atoms. The number of halogens is 2. The molecule has 2 rings (SSSR count). The number of benzene rings is 1. The summed E-state index contributed by atoms with van der Waals surface area (Å²) in [7, 11) is -3.94. The van der Waals surface area contributed by atoms with Gasteiger partial charge in [-0.3, -0.25) is 4.72 Å². The molecule has 2 aromatic rings. The number of carboxylic acid groups (broad SMARTS) is 1. The Balaban J connectivity index is 2.43. The van der Waals surface area contributed by atoms with Gasteiger partial charge in [-0.25, -0.2) is 13.2 Å². The fourth-order valence-corrected chi connectivity index (χ4v) is 4.85. The van der Waals surface area contributed by atoms with Crippen molar-refractivity contribution < 1.29 is 18.3 Å². The van der Waals surface area contributed by atoms with Gasteiger partial charge in [0.2, 0.25) is 0 Å². The first kappa shape index (κ1) is 16.1. The largest absolute Gasteiger partial charge is 0.478 e. The number of aryl methyl sites for hydroxylation is 1. The van der Waals surface area contributed by atoms with E-state index in [0.29, 0.717) is 5.56 Å². The van der Waals surface area contributed by atoms with Gasteiger partial charge in [-0.1, -0.05) is 29.3 Å². The third-order valence-corrected chi connectivity index (χ3v) is 5.76. The van der Waals surface area contributed by atoms with E-state index in [-0.39, 0.29) is 24.8 Å². The Labute approximate surface area is 135 Å². The zero-order chi connectivity index (χ0) is 15.8. The van der Waals surface area contributed by atoms with Gasteiger partial charge in [0, 0.05) is 0 Å². The fourth-order valence-electron chi connectivity index (χ4n) is 1.57. The zero-order valence-electron chi connectivity index (χ0n) is 10.6. The third kappa shape index (κ3) is 3.49. The molecule has 0 amide bonds. The minimum Gasteiger partial charge on any atom is -0.478 e. The number of hydrogen-bond acceptors (Lipinski definition) is 4. The predicted molar refractivity (Wildman–Crippen MR) is 83.3 cm³/mol. The van der Waals surface area contributed by atoms with Gasteiger partial charge in [-0.2, -0.15) is 0 Å². The monoisotopic (exact) mass is 365 g/mol. The van der Waals surface area contributed by atoms with Crippen molar-refractivity contribution in [1.82, 2.24) is 0 Å². The van der Waals surface area contributed by atoms with Crippen LogP contribution < -0.4 is 4.72 Å². The van der Waals surface area contributed by atoms with Crippen molar-refractivity contribution in [2.45, 2.75) is 11.8 Å². The standard InChI is InChI=1S/C12H9Cl2NO4S2/c1-6-2-3-7(12(16)17)4-8(6)15-21(18,19)9-5-10(13)20-11(9)14/h2-5,15H,1H3,(H,16,17). The van der Waals surface area contributed by atoms with Crippen molar-refractivity contribution in [3.63, 3.8) is 0 Å². The van der Waals surface area contributed by atoms with Gasteiger partial charge in [-0.15, -0.1) is 11.3 Å². The molecular formula is C12H9Cl2NO4S2. The first-order valence-electron chi connectivity index (χ1n) is 5.52. The van der Waals surface area contributed by atoms with Crippen molar-refractivity contribution in [3.8, 4) is 0 Å². The molecule has 1 aromatic heterocycles. The quantitative estimate of drug-likeness (QED) is 0.861. The van der Waals surface area contributed by atoms with E-state index >= 15 is 0 Å². The molecule has 0 saturated heterocycles. The van der Waals surface area contributed by atoms with Gasteiger partial charge < -0.3 is 5.11 Å². The predicted octanol–water partition coefficient (Wildman–Crippen LogP) is 3.86. The normalized spacial score (nSPS) is 11.4. The highest BCUT2D eigenvalue weighted by Crippen LogP contribution is 2.35. The number of carbonyl (C=O) groups is 1. The molecule has 0 bridgehead atoms. The fraction of sp³-hybridized carbons (Fsp3) is 0.0833. The highest BCUT2D eigenvalue weighted by molar-refractivity contribution is 7.93. The lowest BCUT2D eigenvalue weighted by Gasteiger charge is -2.10. The van der Waals surface area contributed by atoms with E-state index in [1.807, 2.05) is 0 Å². The summed E-state index contributed by atoms with van der Waals surface area (Å²) in [4.78, 5) is 10.8. The molecule has 9 heteroatoms. The number of thiophene rings is 1. The Hall–Kier alpha value is -1.28. The molecule has 0 saturated carbocycles. The van der Waals surface area contributed by atoms with E-state index in [9.17, 15) is 13.2 Å². The summed E-state index contributed by atoms with van der Waals surface area (Å²) in [5.74, 6) is -1.15. The number of rotatable bonds is 4. The smallest absolute Gasteiger partial charge is 0.335 e. The van der Waals surface area contributed by atoms with Crippen LogP contribution in [0.2, 0.25) is 8.67 Å². The van der Waals surface area contributed by atoms with Crippen LogP contribution >= 0.6 is 34.5 Å². The summed E-state index contributed by atoms with van der Waals surface area (Å²) in [5, 5.41) is 8.95. The molecule has 112 valence electrons. The molecule has 1 heterocycles. The highest BCUT2D eigenvalue weighted by atomic mass is 35.5. The number of aromatic carboxylic acids is 1. The number of carboxylic acids is 1. The van der Waals surface area contributed by atoms with Crippen LogP contribution in [0.5, 0.6) is 0 Å². The number of hydrogen-bond donors (Lipinski definition) is 2. The lowest BCUT2D eigenvalue weighted by Crippen LogP contribution is -2.14. The van der Waals surface area contributed by atoms with Gasteiger partial charge in [0.05, 0.1) is 15.6 Å². The SMILES string of the molecule is Cc1ccc(C(=O)O)cc1NS(=O)(=O)c1cc(Cl)sc1Cl. The molecule has 1 aromatic carbocycles. The lowest BCUT2D eigenvalue weighted by atomic mass is 10.1. The molecule has 0 aliphatic heterocycles. The van der Waals surface area contributed by atoms with Crippen LogP contribution in [0.3, 0.4) is 0 Å². The van der Waals surface area contributed by atoms with Crippen molar-refractivity contribution in [2.75, 3.05) is 4.72 Å². The molecule has 2 N–H and O–H groups in total. The first-order valence-corrected chi connectivity index (χ1v) is 8.58. The Kier molecular flexibility index (Phi) is 4.48. The Morgan fingerprint density at radius 2 is 1.95 bits per heavy atom. The van der Waals surface area contributed by atoms with Crippen LogP contribution in [0.15, 0.2) is 29.2 Å². The van der Waals surface area contributed by atoms with Crippen LogP contribution in [0.25, 0.3) is 0 Å². The molecule has 0 aliphatic carbocycles. The summed E-state index contributed by atoms with van der Waals surface area (Å²) >= 11 is 12.5. The maximum Gasteiger partial charge on any atom is 0.335 e. The van der Waals surface area contributed by atoms with Crippen LogP contribution in [0.1, 0.15) is 15.9 Å². The van der Waals surface area contributed by atoms with E-state index in [1.165, 1.54) is 24.3 Å². The molecule has 0 unspecified atom stereocenters. The summed E-state index contributed by atoms with van der Waals surface area (Å²) in [6, 6.07) is 5.40. The van der Waals surface area contributed by atoms with E-state index < -0.39 is 16.0 Å². The van der Waals surface area contributed by atoms with E-state index in [1.54, 1.807) is 6.92 Å². The molecule has 0 fully saturated rings. The van der Waals surface area contributed by atoms with Gasteiger partial charge in [-0.05, 0) is 30.7 Å². The van der Waals surface area contributed by atoms with Crippen LogP contribution in [-0.4, -0.2) is 19.5 Å². The molecule has 0 spiro atoms. The van der Waals surface area contributed by atoms with Gasteiger partial charge in [0.25, 0.3) is 10.0 Å². The molecular weight excluding hydrogens is 357 g/mol. The minimum absolute atomic E-state index is 0.0206. The second kappa shape index (κ2) is 5.84. The molecule has 0 radical (unpaired) electrons. The van der Waals surface area contributed by atoms with Gasteiger partial charge in [0.1, 0.15) is 9.23 Å². The van der Waals surface area contributed by atoms with Crippen molar-refractivity contribution in [1.29, 1.82) is 0 Å². The summed E-state index contributed by atoms with van der Waals surface area (Å²) in [5.41, 5.74) is 0.738. The van der Waals surface area contributed by atoms with E-state index in [4.69, 9.17) is 28.3 Å². The lowest BCUT2D eigenvalue weighted by molar-refractivity contribution is 0.0697. The average molecular weight is 366 g/mol. The first-order chi connectivity index (χ1) is 9.70. The van der Waals surface area contributed by atoms with Crippen molar-refractivity contribution in [2.24, 2.45) is 0 Å². The van der Waals surface area contributed by atoms with E-state index in [2.05, 4.69) is 4.72 Å². The number of anilines is 1. The Morgan fingerprint density at radius 1 is 1.29 bits per heavy atom. The summed E-state index contributed by atoms with van der Waals surface area (Å²) < 4.78 is 27.2. The minimum atomic E-state index is -3.94. The summed E-state index contributed by atoms with van der Waals surface area (Å²) in [6.07, 6.45) is 0. The maximum atomic E-state index is 12.3. The molecule has 0 aliphatic rings. The van der Waals surface area contributed by atoms with Crippen LogP contribution in [0, 0.1) is 6.92 Å². The van der Waals surface area contributed by atoms with E-state index in [0.717, 1.165) is 11.3 Å². The van der Waals surface area contributed by atoms with Crippen LogP contribution in [0.4, 0.5) is 5.69 Å². The second-order valence-corrected chi connectivity index (χ2v) is 8.07. The molecule has 0 atom stereocenters. The molecule has 5 nitrogen and oxygen atoms in total. The number of nitrogens with one attached hydrogen (secondary N) is 1. The summed E-state index contributed by atoms with van der Waals surface area (Å²) in [6.45, 7) is 1.66. The average Bonchev–Trinajstić information content (AvgIpc) is 2.71. The van der Waals surface area contributed by atoms with Gasteiger partial charge >= 0.3 is 5.97 Å². The number of sulfonamides is 1. The second-order valence-electron chi connectivity index (χ2n) is 4.13. The van der Waals surface area contributed by atoms with Crippen LogP contribution in [-0.2, 0) is 10.0 Å². The van der Waals surface area contributed by atoms with Crippen molar-refractivity contribution in [3.05, 3.63) is 44.1 Å².